The number of halogens is 1. The standard InChI is InChI=1S/C17H21BrN4O3S/c1-2-25-14-6-5-13(18)11-15(14)26(23,24)20-12-16-19-8-7-17(21-16)22-9-3-4-10-22/h5-8,11,20H,2-4,9-10,12H2,1H3. The summed E-state index contributed by atoms with van der Waals surface area (Å²) in [5.41, 5.74) is 0. The molecular formula is C17H21BrN4O3S. The number of aromatic nitrogens is 2. The van der Waals surface area contributed by atoms with Crippen molar-refractivity contribution in [2.24, 2.45) is 0 Å². The van der Waals surface area contributed by atoms with E-state index in [0.29, 0.717) is 22.7 Å². The Bertz CT molecular complexity index is 870. The highest BCUT2D eigenvalue weighted by molar-refractivity contribution is 9.10. The van der Waals surface area contributed by atoms with Crippen molar-refractivity contribution >= 4 is 31.8 Å². The van der Waals surface area contributed by atoms with Crippen LogP contribution in [0.4, 0.5) is 5.82 Å². The smallest absolute Gasteiger partial charge is 0.244 e. The Balaban J connectivity index is 1.76. The highest BCUT2D eigenvalue weighted by Gasteiger charge is 2.21. The van der Waals surface area contributed by atoms with Crippen molar-refractivity contribution in [1.82, 2.24) is 14.7 Å². The van der Waals surface area contributed by atoms with Crippen LogP contribution in [0.25, 0.3) is 0 Å². The maximum absolute atomic E-state index is 12.7. The molecule has 0 atom stereocenters. The Morgan fingerprint density at radius 3 is 2.77 bits per heavy atom. The molecule has 2 heterocycles. The van der Waals surface area contributed by atoms with E-state index in [1.165, 1.54) is 6.07 Å². The summed E-state index contributed by atoms with van der Waals surface area (Å²) in [6, 6.07) is 6.75. The Labute approximate surface area is 162 Å². The van der Waals surface area contributed by atoms with Crippen LogP contribution in [-0.2, 0) is 16.6 Å². The van der Waals surface area contributed by atoms with Crippen molar-refractivity contribution in [1.29, 1.82) is 0 Å². The van der Waals surface area contributed by atoms with E-state index in [2.05, 4.69) is 35.5 Å². The van der Waals surface area contributed by atoms with Crippen LogP contribution in [0.3, 0.4) is 0 Å². The first-order valence-corrected chi connectivity index (χ1v) is 10.8. The molecule has 1 N–H and O–H groups in total. The van der Waals surface area contributed by atoms with Gasteiger partial charge in [-0.3, -0.25) is 0 Å². The molecule has 1 aromatic carbocycles. The first-order valence-electron chi connectivity index (χ1n) is 8.48. The zero-order valence-electron chi connectivity index (χ0n) is 14.5. The van der Waals surface area contributed by atoms with Gasteiger partial charge in [-0.05, 0) is 44.0 Å². The summed E-state index contributed by atoms with van der Waals surface area (Å²) in [6.45, 7) is 4.15. The molecule has 1 aliphatic rings. The number of hydrogen-bond acceptors (Lipinski definition) is 6. The van der Waals surface area contributed by atoms with Gasteiger partial charge >= 0.3 is 0 Å². The van der Waals surface area contributed by atoms with E-state index in [4.69, 9.17) is 4.74 Å². The first kappa shape index (κ1) is 19.1. The summed E-state index contributed by atoms with van der Waals surface area (Å²) in [6.07, 6.45) is 3.96. The van der Waals surface area contributed by atoms with Crippen molar-refractivity contribution in [3.8, 4) is 5.75 Å². The van der Waals surface area contributed by atoms with Gasteiger partial charge in [0, 0.05) is 23.8 Å². The highest BCUT2D eigenvalue weighted by Crippen LogP contribution is 2.27. The second-order valence-electron chi connectivity index (χ2n) is 5.87. The second-order valence-corrected chi connectivity index (χ2v) is 8.52. The molecule has 0 radical (unpaired) electrons. The van der Waals surface area contributed by atoms with Crippen molar-refractivity contribution < 1.29 is 13.2 Å². The summed E-state index contributed by atoms with van der Waals surface area (Å²) in [4.78, 5) is 10.9. The number of ether oxygens (including phenoxy) is 1. The number of hydrogen-bond donors (Lipinski definition) is 1. The van der Waals surface area contributed by atoms with Gasteiger partial charge in [-0.1, -0.05) is 15.9 Å². The molecule has 0 unspecified atom stereocenters. The molecule has 9 heteroatoms. The minimum absolute atomic E-state index is 0.0160. The summed E-state index contributed by atoms with van der Waals surface area (Å²) in [7, 11) is -3.76. The normalized spacial score (nSPS) is 14.6. The molecule has 0 spiro atoms. The minimum atomic E-state index is -3.76. The van der Waals surface area contributed by atoms with Crippen LogP contribution in [0.1, 0.15) is 25.6 Å². The Morgan fingerprint density at radius 1 is 1.27 bits per heavy atom. The third-order valence-corrected chi connectivity index (χ3v) is 5.95. The molecule has 1 fully saturated rings. The van der Waals surface area contributed by atoms with Crippen molar-refractivity contribution in [2.45, 2.75) is 31.2 Å². The Morgan fingerprint density at radius 2 is 2.04 bits per heavy atom. The number of rotatable bonds is 7. The Hall–Kier alpha value is -1.71. The second kappa shape index (κ2) is 8.32. The lowest BCUT2D eigenvalue weighted by molar-refractivity contribution is 0.331. The van der Waals surface area contributed by atoms with Gasteiger partial charge < -0.3 is 9.64 Å². The molecule has 0 amide bonds. The van der Waals surface area contributed by atoms with E-state index in [9.17, 15) is 8.42 Å². The van der Waals surface area contributed by atoms with E-state index >= 15 is 0 Å². The third-order valence-electron chi connectivity index (χ3n) is 4.04. The van der Waals surface area contributed by atoms with Crippen molar-refractivity contribution in [3.63, 3.8) is 0 Å². The van der Waals surface area contributed by atoms with Crippen LogP contribution >= 0.6 is 15.9 Å². The third kappa shape index (κ3) is 4.52. The molecule has 3 rings (SSSR count). The Kier molecular flexibility index (Phi) is 6.10. The number of anilines is 1. The molecule has 0 bridgehead atoms. The fraction of sp³-hybridized carbons (Fsp3) is 0.412. The maximum Gasteiger partial charge on any atom is 0.244 e. The summed E-state index contributed by atoms with van der Waals surface area (Å²) < 4.78 is 34.1. The summed E-state index contributed by atoms with van der Waals surface area (Å²) in [5.74, 6) is 1.59. The number of benzene rings is 1. The summed E-state index contributed by atoms with van der Waals surface area (Å²) in [5, 5.41) is 0. The fourth-order valence-corrected chi connectivity index (χ4v) is 4.46. The molecule has 1 aromatic heterocycles. The predicted octanol–water partition coefficient (Wildman–Crippen LogP) is 2.72. The average Bonchev–Trinajstić information content (AvgIpc) is 3.17. The molecule has 0 saturated carbocycles. The largest absolute Gasteiger partial charge is 0.492 e. The topological polar surface area (TPSA) is 84.4 Å². The van der Waals surface area contributed by atoms with Crippen molar-refractivity contribution in [2.75, 3.05) is 24.6 Å². The summed E-state index contributed by atoms with van der Waals surface area (Å²) >= 11 is 3.31. The first-order chi connectivity index (χ1) is 12.5. The number of sulfonamides is 1. The molecule has 2 aromatic rings. The highest BCUT2D eigenvalue weighted by atomic mass is 79.9. The lowest BCUT2D eigenvalue weighted by Gasteiger charge is -2.16. The van der Waals surface area contributed by atoms with E-state index < -0.39 is 10.0 Å². The van der Waals surface area contributed by atoms with Gasteiger partial charge in [0.2, 0.25) is 10.0 Å². The lowest BCUT2D eigenvalue weighted by Crippen LogP contribution is -2.26. The van der Waals surface area contributed by atoms with E-state index in [0.717, 1.165) is 31.7 Å². The van der Waals surface area contributed by atoms with Gasteiger partial charge in [0.05, 0.1) is 13.2 Å². The molecular weight excluding hydrogens is 420 g/mol. The lowest BCUT2D eigenvalue weighted by atomic mass is 10.3. The SMILES string of the molecule is CCOc1ccc(Br)cc1S(=O)(=O)NCc1nccc(N2CCCC2)n1. The van der Waals surface area contributed by atoms with E-state index in [-0.39, 0.29) is 11.4 Å². The van der Waals surface area contributed by atoms with Crippen LogP contribution < -0.4 is 14.4 Å². The molecule has 1 saturated heterocycles. The van der Waals surface area contributed by atoms with E-state index in [1.807, 2.05) is 13.0 Å². The molecule has 26 heavy (non-hydrogen) atoms. The van der Waals surface area contributed by atoms with Gasteiger partial charge in [0.15, 0.2) is 0 Å². The zero-order chi connectivity index (χ0) is 18.6. The van der Waals surface area contributed by atoms with E-state index in [1.54, 1.807) is 18.3 Å². The van der Waals surface area contributed by atoms with Crippen LogP contribution in [0.5, 0.6) is 5.75 Å². The van der Waals surface area contributed by atoms with Crippen LogP contribution in [-0.4, -0.2) is 38.1 Å². The van der Waals surface area contributed by atoms with Gasteiger partial charge in [-0.2, -0.15) is 0 Å². The minimum Gasteiger partial charge on any atom is -0.492 e. The molecule has 140 valence electrons. The molecule has 7 nitrogen and oxygen atoms in total. The zero-order valence-corrected chi connectivity index (χ0v) is 16.9. The van der Waals surface area contributed by atoms with Crippen LogP contribution in [0, 0.1) is 0 Å². The molecule has 0 aliphatic carbocycles. The van der Waals surface area contributed by atoms with Gasteiger partial charge in [-0.25, -0.2) is 23.1 Å². The number of nitrogens with zero attached hydrogens (tertiary/aromatic N) is 3. The number of nitrogens with one attached hydrogen (secondary N) is 1. The van der Waals surface area contributed by atoms with Gasteiger partial charge in [0.25, 0.3) is 0 Å². The van der Waals surface area contributed by atoms with Crippen molar-refractivity contribution in [3.05, 3.63) is 40.8 Å². The molecule has 1 aliphatic heterocycles. The van der Waals surface area contributed by atoms with Gasteiger partial charge in [0.1, 0.15) is 22.3 Å². The van der Waals surface area contributed by atoms with Crippen LogP contribution in [0.15, 0.2) is 39.8 Å². The monoisotopic (exact) mass is 440 g/mol. The quantitative estimate of drug-likeness (QED) is 0.712. The fourth-order valence-electron chi connectivity index (χ4n) is 2.80. The van der Waals surface area contributed by atoms with Gasteiger partial charge in [-0.15, -0.1) is 0 Å². The average molecular weight is 441 g/mol. The maximum atomic E-state index is 12.7. The predicted molar refractivity (Wildman–Crippen MR) is 103 cm³/mol. The van der Waals surface area contributed by atoms with Crippen LogP contribution in [0.2, 0.25) is 0 Å².